The van der Waals surface area contributed by atoms with Gasteiger partial charge in [-0.2, -0.15) is 4.98 Å². The van der Waals surface area contributed by atoms with Gasteiger partial charge in [0.25, 0.3) is 5.89 Å². The fourth-order valence-corrected chi connectivity index (χ4v) is 2.05. The van der Waals surface area contributed by atoms with Gasteiger partial charge in [-0.3, -0.25) is 0 Å². The molecule has 0 unspecified atom stereocenters. The standard InChI is InChI=1S/C16H14N2O2/c1-11-3-2-4-12(9-11)10-15-17-16(20-18-15)13-5-7-14(19)8-6-13/h2-9,19H,10H2,1H3. The monoisotopic (exact) mass is 266 g/mol. The first-order chi connectivity index (χ1) is 9.70. The molecule has 0 atom stereocenters. The molecular weight excluding hydrogens is 252 g/mol. The quantitative estimate of drug-likeness (QED) is 0.789. The molecule has 0 aliphatic rings. The Morgan fingerprint density at radius 3 is 2.65 bits per heavy atom. The van der Waals surface area contributed by atoms with Crippen molar-refractivity contribution >= 4 is 0 Å². The summed E-state index contributed by atoms with van der Waals surface area (Å²) in [4.78, 5) is 4.38. The van der Waals surface area contributed by atoms with E-state index < -0.39 is 0 Å². The average molecular weight is 266 g/mol. The lowest BCUT2D eigenvalue weighted by molar-refractivity contribution is 0.423. The third-order valence-corrected chi connectivity index (χ3v) is 3.03. The maximum absolute atomic E-state index is 9.26. The molecule has 0 aliphatic carbocycles. The van der Waals surface area contributed by atoms with E-state index in [0.29, 0.717) is 18.1 Å². The van der Waals surface area contributed by atoms with Crippen LogP contribution in [0.25, 0.3) is 11.5 Å². The summed E-state index contributed by atoms with van der Waals surface area (Å²) in [6.45, 7) is 2.06. The third-order valence-electron chi connectivity index (χ3n) is 3.03. The molecule has 0 aliphatic heterocycles. The number of aromatic nitrogens is 2. The highest BCUT2D eigenvalue weighted by Crippen LogP contribution is 2.20. The van der Waals surface area contributed by atoms with Gasteiger partial charge in [0, 0.05) is 12.0 Å². The first-order valence-electron chi connectivity index (χ1n) is 6.38. The Balaban J connectivity index is 1.82. The van der Waals surface area contributed by atoms with Crippen molar-refractivity contribution in [1.29, 1.82) is 0 Å². The smallest absolute Gasteiger partial charge is 0.257 e. The normalized spacial score (nSPS) is 10.7. The number of hydrogen-bond acceptors (Lipinski definition) is 4. The van der Waals surface area contributed by atoms with E-state index in [1.165, 1.54) is 5.56 Å². The number of benzene rings is 2. The molecule has 0 saturated carbocycles. The van der Waals surface area contributed by atoms with Crippen molar-refractivity contribution in [2.75, 3.05) is 0 Å². The summed E-state index contributed by atoms with van der Waals surface area (Å²) in [7, 11) is 0. The van der Waals surface area contributed by atoms with E-state index in [4.69, 9.17) is 4.52 Å². The van der Waals surface area contributed by atoms with Crippen molar-refractivity contribution in [3.63, 3.8) is 0 Å². The highest BCUT2D eigenvalue weighted by Gasteiger charge is 2.09. The molecule has 1 aromatic heterocycles. The van der Waals surface area contributed by atoms with Crippen LogP contribution in [0.5, 0.6) is 5.75 Å². The predicted octanol–water partition coefficient (Wildman–Crippen LogP) is 3.34. The first kappa shape index (κ1) is 12.4. The summed E-state index contributed by atoms with van der Waals surface area (Å²) in [6.07, 6.45) is 0.642. The van der Waals surface area contributed by atoms with Gasteiger partial charge in [-0.25, -0.2) is 0 Å². The van der Waals surface area contributed by atoms with E-state index in [0.717, 1.165) is 11.1 Å². The largest absolute Gasteiger partial charge is 0.508 e. The Hall–Kier alpha value is -2.62. The number of rotatable bonds is 3. The highest BCUT2D eigenvalue weighted by atomic mass is 16.5. The lowest BCUT2D eigenvalue weighted by Crippen LogP contribution is -1.91. The van der Waals surface area contributed by atoms with Gasteiger partial charge < -0.3 is 9.63 Å². The molecular formula is C16H14N2O2. The number of nitrogens with zero attached hydrogens (tertiary/aromatic N) is 2. The zero-order valence-electron chi connectivity index (χ0n) is 11.1. The number of phenolic OH excluding ortho intramolecular Hbond substituents is 1. The van der Waals surface area contributed by atoms with E-state index in [1.54, 1.807) is 24.3 Å². The first-order valence-corrected chi connectivity index (χ1v) is 6.38. The van der Waals surface area contributed by atoms with E-state index >= 15 is 0 Å². The molecule has 0 saturated heterocycles. The Bertz CT molecular complexity index is 717. The van der Waals surface area contributed by atoms with Crippen molar-refractivity contribution < 1.29 is 9.63 Å². The Morgan fingerprint density at radius 1 is 1.10 bits per heavy atom. The predicted molar refractivity (Wildman–Crippen MR) is 75.4 cm³/mol. The van der Waals surface area contributed by atoms with Crippen LogP contribution in [0, 0.1) is 6.92 Å². The van der Waals surface area contributed by atoms with Crippen LogP contribution in [-0.2, 0) is 6.42 Å². The number of hydrogen-bond donors (Lipinski definition) is 1. The van der Waals surface area contributed by atoms with Crippen molar-refractivity contribution in [1.82, 2.24) is 10.1 Å². The van der Waals surface area contributed by atoms with Crippen LogP contribution >= 0.6 is 0 Å². The van der Waals surface area contributed by atoms with Gasteiger partial charge in [-0.15, -0.1) is 0 Å². The van der Waals surface area contributed by atoms with Crippen LogP contribution in [0.4, 0.5) is 0 Å². The van der Waals surface area contributed by atoms with Gasteiger partial charge in [-0.1, -0.05) is 35.0 Å². The third kappa shape index (κ3) is 2.69. The molecule has 1 N–H and O–H groups in total. The summed E-state index contributed by atoms with van der Waals surface area (Å²) >= 11 is 0. The van der Waals surface area contributed by atoms with E-state index in [-0.39, 0.29) is 5.75 Å². The van der Waals surface area contributed by atoms with Crippen molar-refractivity contribution in [3.05, 3.63) is 65.5 Å². The molecule has 3 aromatic rings. The van der Waals surface area contributed by atoms with Crippen LogP contribution in [0.2, 0.25) is 0 Å². The summed E-state index contributed by atoms with van der Waals surface area (Å²) in [6, 6.07) is 14.9. The second-order valence-electron chi connectivity index (χ2n) is 4.73. The van der Waals surface area contributed by atoms with Crippen LogP contribution in [0.1, 0.15) is 17.0 Å². The van der Waals surface area contributed by atoms with Crippen LogP contribution in [0.15, 0.2) is 53.1 Å². The van der Waals surface area contributed by atoms with Crippen molar-refractivity contribution in [2.45, 2.75) is 13.3 Å². The fourth-order valence-electron chi connectivity index (χ4n) is 2.05. The fraction of sp³-hybridized carbons (Fsp3) is 0.125. The second-order valence-corrected chi connectivity index (χ2v) is 4.73. The lowest BCUT2D eigenvalue weighted by Gasteiger charge is -1.98. The summed E-state index contributed by atoms with van der Waals surface area (Å²) in [5.41, 5.74) is 3.17. The molecule has 3 rings (SSSR count). The zero-order valence-corrected chi connectivity index (χ0v) is 11.1. The number of aromatic hydroxyl groups is 1. The summed E-state index contributed by atoms with van der Waals surface area (Å²) < 4.78 is 5.25. The minimum atomic E-state index is 0.216. The molecule has 0 radical (unpaired) electrons. The summed E-state index contributed by atoms with van der Waals surface area (Å²) in [5.74, 6) is 1.33. The highest BCUT2D eigenvalue weighted by molar-refractivity contribution is 5.54. The van der Waals surface area contributed by atoms with Gasteiger partial charge in [0.2, 0.25) is 0 Å². The Kier molecular flexibility index (Phi) is 3.21. The number of phenols is 1. The van der Waals surface area contributed by atoms with Crippen LogP contribution in [0.3, 0.4) is 0 Å². The maximum atomic E-state index is 9.26. The molecule has 20 heavy (non-hydrogen) atoms. The van der Waals surface area contributed by atoms with E-state index in [1.807, 2.05) is 12.1 Å². The molecule has 2 aromatic carbocycles. The van der Waals surface area contributed by atoms with Gasteiger partial charge in [0.15, 0.2) is 5.82 Å². The van der Waals surface area contributed by atoms with Gasteiger partial charge in [-0.05, 0) is 36.8 Å². The minimum Gasteiger partial charge on any atom is -0.508 e. The molecule has 0 spiro atoms. The Labute approximate surface area is 116 Å². The Morgan fingerprint density at radius 2 is 1.90 bits per heavy atom. The SMILES string of the molecule is Cc1cccc(Cc2noc(-c3ccc(O)cc3)n2)c1. The van der Waals surface area contributed by atoms with E-state index in [2.05, 4.69) is 29.2 Å². The zero-order chi connectivity index (χ0) is 13.9. The van der Waals surface area contributed by atoms with Gasteiger partial charge >= 0.3 is 0 Å². The van der Waals surface area contributed by atoms with Crippen molar-refractivity contribution in [3.8, 4) is 17.2 Å². The molecule has 0 bridgehead atoms. The molecule has 4 heteroatoms. The van der Waals surface area contributed by atoms with Crippen molar-refractivity contribution in [2.24, 2.45) is 0 Å². The average Bonchev–Trinajstić information content (AvgIpc) is 2.88. The minimum absolute atomic E-state index is 0.216. The topological polar surface area (TPSA) is 59.2 Å². The maximum Gasteiger partial charge on any atom is 0.257 e. The molecule has 4 nitrogen and oxygen atoms in total. The number of aryl methyl sites for hydroxylation is 1. The second kappa shape index (κ2) is 5.17. The molecule has 0 fully saturated rings. The van der Waals surface area contributed by atoms with Gasteiger partial charge in [0.1, 0.15) is 5.75 Å². The lowest BCUT2D eigenvalue weighted by atomic mass is 10.1. The van der Waals surface area contributed by atoms with E-state index in [9.17, 15) is 5.11 Å². The molecule has 1 heterocycles. The van der Waals surface area contributed by atoms with Gasteiger partial charge in [0.05, 0.1) is 0 Å². The molecule has 0 amide bonds. The summed E-state index contributed by atoms with van der Waals surface area (Å²) in [5, 5.41) is 13.3. The van der Waals surface area contributed by atoms with Crippen LogP contribution in [-0.4, -0.2) is 15.2 Å². The molecule has 100 valence electrons. The van der Waals surface area contributed by atoms with Crippen LogP contribution < -0.4 is 0 Å².